The summed E-state index contributed by atoms with van der Waals surface area (Å²) >= 11 is -0.234. The van der Waals surface area contributed by atoms with Crippen LogP contribution < -0.4 is 15.4 Å². The summed E-state index contributed by atoms with van der Waals surface area (Å²) in [4.78, 5) is 22.7. The van der Waals surface area contributed by atoms with Crippen molar-refractivity contribution >= 4 is 23.4 Å². The lowest BCUT2D eigenvalue weighted by Gasteiger charge is -2.20. The number of hydrogen-bond acceptors (Lipinski definition) is 7. The maximum atomic E-state index is 12.4. The van der Waals surface area contributed by atoms with E-state index < -0.39 is 28.5 Å². The van der Waals surface area contributed by atoms with Crippen LogP contribution in [0.2, 0.25) is 0 Å². The molecular formula is C20H22F3N3O5S. The average molecular weight is 473 g/mol. The van der Waals surface area contributed by atoms with Crippen LogP contribution in [0.5, 0.6) is 5.75 Å². The molecule has 0 saturated carbocycles. The quantitative estimate of drug-likeness (QED) is 0.275. The van der Waals surface area contributed by atoms with Crippen LogP contribution in [0.3, 0.4) is 0 Å². The van der Waals surface area contributed by atoms with E-state index in [1.54, 1.807) is 6.07 Å². The lowest BCUT2D eigenvalue weighted by atomic mass is 10.1. The number of alkyl halides is 3. The van der Waals surface area contributed by atoms with E-state index in [0.29, 0.717) is 11.1 Å². The fraction of sp³-hybridized carbons (Fsp3) is 0.350. The number of nitrogens with one attached hydrogen (secondary N) is 2. The molecule has 174 valence electrons. The van der Waals surface area contributed by atoms with Gasteiger partial charge in [-0.05, 0) is 48.0 Å². The molecule has 8 nitrogen and oxygen atoms in total. The number of halogens is 3. The van der Waals surface area contributed by atoms with Gasteiger partial charge in [-0.3, -0.25) is 20.2 Å². The molecule has 0 saturated heterocycles. The van der Waals surface area contributed by atoms with Crippen molar-refractivity contribution in [3.8, 4) is 5.75 Å². The van der Waals surface area contributed by atoms with Gasteiger partial charge in [-0.2, -0.15) is 13.2 Å². The van der Waals surface area contributed by atoms with Crippen molar-refractivity contribution in [3.63, 3.8) is 0 Å². The number of nitrogens with zero attached hydrogens (tertiary/aromatic N) is 1. The Balaban J connectivity index is 2.06. The van der Waals surface area contributed by atoms with Gasteiger partial charge < -0.3 is 15.2 Å². The molecule has 2 atom stereocenters. The fourth-order valence-corrected chi connectivity index (χ4v) is 3.29. The summed E-state index contributed by atoms with van der Waals surface area (Å²) in [7, 11) is 1.43. The average Bonchev–Trinajstić information content (AvgIpc) is 2.72. The number of ether oxygens (including phenoxy) is 1. The molecule has 0 fully saturated rings. The van der Waals surface area contributed by atoms with Crippen LogP contribution in [0.4, 0.5) is 18.9 Å². The Bertz CT molecular complexity index is 939. The lowest BCUT2D eigenvalue weighted by Crippen LogP contribution is -2.49. The van der Waals surface area contributed by atoms with Gasteiger partial charge in [0.15, 0.2) is 5.75 Å². The summed E-state index contributed by atoms with van der Waals surface area (Å²) in [6.45, 7) is 1.46. The maximum absolute atomic E-state index is 12.4. The van der Waals surface area contributed by atoms with Crippen LogP contribution in [-0.2, 0) is 17.9 Å². The van der Waals surface area contributed by atoms with Gasteiger partial charge in [-0.1, -0.05) is 18.2 Å². The van der Waals surface area contributed by atoms with Crippen molar-refractivity contribution < 1.29 is 32.7 Å². The van der Waals surface area contributed by atoms with Crippen molar-refractivity contribution in [3.05, 3.63) is 63.7 Å². The third kappa shape index (κ3) is 7.70. The zero-order valence-corrected chi connectivity index (χ0v) is 18.0. The number of thioether (sulfide) groups is 1. The van der Waals surface area contributed by atoms with Crippen molar-refractivity contribution in [2.24, 2.45) is 0 Å². The van der Waals surface area contributed by atoms with E-state index in [-0.39, 0.29) is 41.2 Å². The minimum absolute atomic E-state index is 0.00845. The highest BCUT2D eigenvalue weighted by molar-refractivity contribution is 8.00. The normalized spacial score (nSPS) is 13.3. The zero-order chi connectivity index (χ0) is 23.9. The second kappa shape index (κ2) is 11.2. The molecule has 0 aliphatic heterocycles. The van der Waals surface area contributed by atoms with Crippen LogP contribution in [0, 0.1) is 10.1 Å². The second-order valence-corrected chi connectivity index (χ2v) is 7.89. The van der Waals surface area contributed by atoms with E-state index in [1.165, 1.54) is 50.4 Å². The molecule has 0 aliphatic carbocycles. The molecule has 0 aromatic heterocycles. The Morgan fingerprint density at radius 3 is 2.38 bits per heavy atom. The number of aliphatic hydroxyl groups is 1. The highest BCUT2D eigenvalue weighted by atomic mass is 32.2. The van der Waals surface area contributed by atoms with E-state index in [4.69, 9.17) is 4.74 Å². The Kier molecular flexibility index (Phi) is 8.87. The minimum Gasteiger partial charge on any atom is -0.482 e. The predicted molar refractivity (Wildman–Crippen MR) is 112 cm³/mol. The molecule has 32 heavy (non-hydrogen) atoms. The van der Waals surface area contributed by atoms with Crippen LogP contribution in [-0.4, -0.2) is 40.6 Å². The topological polar surface area (TPSA) is 114 Å². The summed E-state index contributed by atoms with van der Waals surface area (Å²) in [5.74, 6) is -0.431. The van der Waals surface area contributed by atoms with E-state index in [1.807, 2.05) is 0 Å². The minimum atomic E-state index is -4.38. The molecule has 3 N–H and O–H groups in total. The monoisotopic (exact) mass is 473 g/mol. The molecule has 2 rings (SSSR count). The third-order valence-corrected chi connectivity index (χ3v) is 5.05. The molecule has 2 unspecified atom stereocenters. The third-order valence-electron chi connectivity index (χ3n) is 4.31. The van der Waals surface area contributed by atoms with Gasteiger partial charge in [-0.15, -0.1) is 0 Å². The number of aliphatic hydroxyl groups excluding tert-OH is 1. The summed E-state index contributed by atoms with van der Waals surface area (Å²) in [5.41, 5.74) is -3.65. The smallest absolute Gasteiger partial charge is 0.446 e. The summed E-state index contributed by atoms with van der Waals surface area (Å²) < 4.78 is 42.7. The van der Waals surface area contributed by atoms with Gasteiger partial charge in [0.1, 0.15) is 12.6 Å². The fourth-order valence-electron chi connectivity index (χ4n) is 2.75. The van der Waals surface area contributed by atoms with Gasteiger partial charge >= 0.3 is 11.2 Å². The molecule has 12 heteroatoms. The summed E-state index contributed by atoms with van der Waals surface area (Å²) in [5, 5.41) is 26.4. The Morgan fingerprint density at radius 1 is 1.22 bits per heavy atom. The molecule has 0 radical (unpaired) electrons. The molecule has 2 aromatic rings. The lowest BCUT2D eigenvalue weighted by molar-refractivity contribution is -0.386. The molecule has 0 spiro atoms. The Labute approximate surface area is 186 Å². The summed E-state index contributed by atoms with van der Waals surface area (Å²) in [6.07, 6.45) is -0.978. The number of hydrogen-bond donors (Lipinski definition) is 3. The van der Waals surface area contributed by atoms with Gasteiger partial charge in [0.25, 0.3) is 0 Å². The first-order chi connectivity index (χ1) is 15.0. The van der Waals surface area contributed by atoms with Crippen LogP contribution in [0.25, 0.3) is 0 Å². The van der Waals surface area contributed by atoms with E-state index in [2.05, 4.69) is 10.6 Å². The number of carbonyl (C=O) groups is 1. The van der Waals surface area contributed by atoms with Gasteiger partial charge in [0.05, 0.1) is 11.0 Å². The Hall–Kier alpha value is -2.83. The molecule has 0 heterocycles. The first-order valence-corrected chi connectivity index (χ1v) is 10.2. The number of nitro groups is 1. The highest BCUT2D eigenvalue weighted by Crippen LogP contribution is 2.37. The van der Waals surface area contributed by atoms with Crippen molar-refractivity contribution in [2.75, 3.05) is 7.05 Å². The molecule has 0 bridgehead atoms. The standard InChI is InChI=1S/C20H22F3N3O5S/c1-12(27)18(19(28)24-2)25-10-14-5-8-17(16(9-14)26(29)30)31-11-13-3-6-15(7-4-13)32-20(21,22)23/h3-9,12,18,25,27H,10-11H2,1-2H3,(H,24,28). The number of rotatable bonds is 10. The van der Waals surface area contributed by atoms with Crippen molar-refractivity contribution in [2.45, 2.75) is 42.6 Å². The largest absolute Gasteiger partial charge is 0.482 e. The number of nitro benzene ring substituents is 1. The van der Waals surface area contributed by atoms with Gasteiger partial charge in [-0.25, -0.2) is 0 Å². The second-order valence-electron chi connectivity index (χ2n) is 6.75. The molecule has 2 aromatic carbocycles. The predicted octanol–water partition coefficient (Wildman–Crippen LogP) is 3.37. The SMILES string of the molecule is CNC(=O)C(NCc1ccc(OCc2ccc(SC(F)(F)F)cc2)c([N+](=O)[O-])c1)C(C)O. The van der Waals surface area contributed by atoms with Crippen LogP contribution in [0.1, 0.15) is 18.1 Å². The van der Waals surface area contributed by atoms with E-state index in [9.17, 15) is 33.2 Å². The van der Waals surface area contributed by atoms with Gasteiger partial charge in [0, 0.05) is 24.6 Å². The first kappa shape index (κ1) is 25.4. The number of carbonyl (C=O) groups excluding carboxylic acids is 1. The number of benzene rings is 2. The van der Waals surface area contributed by atoms with Crippen molar-refractivity contribution in [1.82, 2.24) is 10.6 Å². The number of likely N-dealkylation sites (N-methyl/N-ethyl adjacent to an activating group) is 1. The van der Waals surface area contributed by atoms with Crippen LogP contribution >= 0.6 is 11.8 Å². The Morgan fingerprint density at radius 2 is 1.84 bits per heavy atom. The molecule has 1 amide bonds. The summed E-state index contributed by atoms with van der Waals surface area (Å²) in [6, 6.07) is 8.86. The van der Waals surface area contributed by atoms with Gasteiger partial charge in [0.2, 0.25) is 5.91 Å². The van der Waals surface area contributed by atoms with E-state index in [0.717, 1.165) is 0 Å². The van der Waals surface area contributed by atoms with E-state index >= 15 is 0 Å². The zero-order valence-electron chi connectivity index (χ0n) is 17.2. The molecule has 0 aliphatic rings. The number of amides is 1. The first-order valence-electron chi connectivity index (χ1n) is 9.38. The molecular weight excluding hydrogens is 451 g/mol. The van der Waals surface area contributed by atoms with Crippen LogP contribution in [0.15, 0.2) is 47.4 Å². The van der Waals surface area contributed by atoms with Crippen molar-refractivity contribution in [1.29, 1.82) is 0 Å². The highest BCUT2D eigenvalue weighted by Gasteiger charge is 2.29. The maximum Gasteiger partial charge on any atom is 0.446 e.